The Bertz CT molecular complexity index is 543. The fraction of sp³-hybridized carbons (Fsp3) is 0.333. The van der Waals surface area contributed by atoms with Gasteiger partial charge in [-0.3, -0.25) is 0 Å². The summed E-state index contributed by atoms with van der Waals surface area (Å²) >= 11 is 0.399. The largest absolute Gasteiger partial charge is 0.591 e. The Morgan fingerprint density at radius 1 is 1.41 bits per heavy atom. The molecule has 17 heavy (non-hydrogen) atoms. The van der Waals surface area contributed by atoms with Crippen LogP contribution in [0.2, 0.25) is 0 Å². The first-order valence-electron chi connectivity index (χ1n) is 5.26. The molecular formula is C12H14N2OS2. The maximum absolute atomic E-state index is 11.8. The molecule has 0 radical (unpaired) electrons. The average molecular weight is 266 g/mol. The van der Waals surface area contributed by atoms with E-state index in [0.29, 0.717) is 0 Å². The van der Waals surface area contributed by atoms with Crippen molar-refractivity contribution in [1.82, 2.24) is 4.98 Å². The van der Waals surface area contributed by atoms with Crippen LogP contribution in [0.25, 0.3) is 10.2 Å². The highest BCUT2D eigenvalue weighted by Crippen LogP contribution is 2.19. The van der Waals surface area contributed by atoms with Gasteiger partial charge in [-0.05, 0) is 38.5 Å². The molecular weight excluding hydrogens is 252 g/mol. The SMILES string of the molecule is CC(C)(C)[S+]([O-])N=Cc1ccc2scnc2c1. The molecule has 0 aliphatic heterocycles. The second kappa shape index (κ2) is 4.76. The average Bonchev–Trinajstić information content (AvgIpc) is 2.71. The van der Waals surface area contributed by atoms with Crippen molar-refractivity contribution in [2.45, 2.75) is 25.5 Å². The van der Waals surface area contributed by atoms with Crippen LogP contribution in [-0.4, -0.2) is 20.5 Å². The molecule has 0 bridgehead atoms. The third-order valence-electron chi connectivity index (χ3n) is 2.18. The van der Waals surface area contributed by atoms with Crippen molar-refractivity contribution in [1.29, 1.82) is 0 Å². The van der Waals surface area contributed by atoms with Crippen LogP contribution < -0.4 is 0 Å². The smallest absolute Gasteiger partial charge is 0.144 e. The summed E-state index contributed by atoms with van der Waals surface area (Å²) in [7, 11) is 0. The normalized spacial score (nSPS) is 14.6. The van der Waals surface area contributed by atoms with Crippen molar-refractivity contribution < 1.29 is 4.55 Å². The number of hydrogen-bond donors (Lipinski definition) is 0. The van der Waals surface area contributed by atoms with Crippen LogP contribution >= 0.6 is 11.3 Å². The molecule has 0 fully saturated rings. The molecule has 0 N–H and O–H groups in total. The van der Waals surface area contributed by atoms with Crippen LogP contribution in [0.1, 0.15) is 26.3 Å². The first kappa shape index (κ1) is 12.5. The Kier molecular flexibility index (Phi) is 3.51. The Balaban J connectivity index is 2.20. The zero-order valence-electron chi connectivity index (χ0n) is 10.0. The molecule has 90 valence electrons. The van der Waals surface area contributed by atoms with Crippen LogP contribution in [0.5, 0.6) is 0 Å². The Labute approximate surface area is 108 Å². The second-order valence-corrected chi connectivity index (χ2v) is 7.50. The van der Waals surface area contributed by atoms with Crippen LogP contribution in [0.15, 0.2) is 28.1 Å². The van der Waals surface area contributed by atoms with Crippen molar-refractivity contribution in [2.24, 2.45) is 4.40 Å². The molecule has 0 saturated heterocycles. The van der Waals surface area contributed by atoms with E-state index in [1.165, 1.54) is 0 Å². The van der Waals surface area contributed by atoms with Gasteiger partial charge >= 0.3 is 0 Å². The van der Waals surface area contributed by atoms with Gasteiger partial charge in [0.2, 0.25) is 0 Å². The molecule has 1 atom stereocenters. The summed E-state index contributed by atoms with van der Waals surface area (Å²) in [6.45, 7) is 5.72. The summed E-state index contributed by atoms with van der Waals surface area (Å²) in [4.78, 5) is 4.24. The van der Waals surface area contributed by atoms with Crippen LogP contribution in [0.3, 0.4) is 0 Å². The second-order valence-electron chi connectivity index (χ2n) is 4.68. The lowest BCUT2D eigenvalue weighted by molar-refractivity contribution is 0.562. The maximum Gasteiger partial charge on any atom is 0.144 e. The highest BCUT2D eigenvalue weighted by Gasteiger charge is 2.25. The van der Waals surface area contributed by atoms with Crippen molar-refractivity contribution in [3.63, 3.8) is 0 Å². The Morgan fingerprint density at radius 2 is 2.18 bits per heavy atom. The van der Waals surface area contributed by atoms with E-state index in [4.69, 9.17) is 0 Å². The number of aromatic nitrogens is 1. The Hall–Kier alpha value is -0.910. The molecule has 3 nitrogen and oxygen atoms in total. The highest BCUT2D eigenvalue weighted by molar-refractivity contribution is 7.91. The molecule has 1 aromatic heterocycles. The van der Waals surface area contributed by atoms with Gasteiger partial charge in [-0.15, -0.1) is 11.3 Å². The molecule has 0 saturated carbocycles. The van der Waals surface area contributed by atoms with E-state index in [0.717, 1.165) is 15.8 Å². The van der Waals surface area contributed by atoms with Crippen molar-refractivity contribution in [2.75, 3.05) is 0 Å². The number of thiazole rings is 1. The number of nitrogens with zero attached hydrogens (tertiary/aromatic N) is 2. The van der Waals surface area contributed by atoms with E-state index in [9.17, 15) is 4.55 Å². The monoisotopic (exact) mass is 266 g/mol. The lowest BCUT2D eigenvalue weighted by atomic mass is 10.2. The van der Waals surface area contributed by atoms with Gasteiger partial charge in [0.1, 0.15) is 16.1 Å². The zero-order chi connectivity index (χ0) is 12.5. The van der Waals surface area contributed by atoms with Gasteiger partial charge < -0.3 is 4.55 Å². The third-order valence-corrected chi connectivity index (χ3v) is 4.33. The van der Waals surface area contributed by atoms with Gasteiger partial charge in [0.05, 0.1) is 21.9 Å². The summed E-state index contributed by atoms with van der Waals surface area (Å²) in [6.07, 6.45) is 1.65. The topological polar surface area (TPSA) is 48.3 Å². The summed E-state index contributed by atoms with van der Waals surface area (Å²) in [5.74, 6) is 0. The summed E-state index contributed by atoms with van der Waals surface area (Å²) < 4.78 is 16.7. The van der Waals surface area contributed by atoms with E-state index >= 15 is 0 Å². The minimum absolute atomic E-state index is 0.318. The molecule has 0 amide bonds. The fourth-order valence-electron chi connectivity index (χ4n) is 1.22. The lowest BCUT2D eigenvalue weighted by Gasteiger charge is -2.17. The maximum atomic E-state index is 11.8. The van der Waals surface area contributed by atoms with Crippen LogP contribution in [-0.2, 0) is 11.4 Å². The molecule has 1 heterocycles. The van der Waals surface area contributed by atoms with Gasteiger partial charge in [0, 0.05) is 0 Å². The molecule has 1 aromatic carbocycles. The fourth-order valence-corrected chi connectivity index (χ4v) is 2.41. The van der Waals surface area contributed by atoms with Crippen molar-refractivity contribution in [3.05, 3.63) is 29.3 Å². The van der Waals surface area contributed by atoms with Gasteiger partial charge in [0.25, 0.3) is 0 Å². The van der Waals surface area contributed by atoms with E-state index in [-0.39, 0.29) is 4.75 Å². The van der Waals surface area contributed by atoms with Gasteiger partial charge in [-0.25, -0.2) is 4.98 Å². The minimum Gasteiger partial charge on any atom is -0.591 e. The zero-order valence-corrected chi connectivity index (χ0v) is 11.6. The van der Waals surface area contributed by atoms with Crippen molar-refractivity contribution in [3.8, 4) is 0 Å². The highest BCUT2D eigenvalue weighted by atomic mass is 32.2. The predicted octanol–water partition coefficient (Wildman–Crippen LogP) is 3.18. The summed E-state index contributed by atoms with van der Waals surface area (Å²) in [5.41, 5.74) is 3.71. The molecule has 2 rings (SSSR count). The molecule has 0 spiro atoms. The van der Waals surface area contributed by atoms with Crippen LogP contribution in [0.4, 0.5) is 0 Å². The predicted molar refractivity (Wildman–Crippen MR) is 75.1 cm³/mol. The molecule has 0 aliphatic carbocycles. The van der Waals surface area contributed by atoms with Crippen LogP contribution in [0, 0.1) is 0 Å². The number of benzene rings is 1. The van der Waals surface area contributed by atoms with E-state index in [1.54, 1.807) is 17.6 Å². The number of rotatable bonds is 2. The molecule has 2 aromatic rings. The van der Waals surface area contributed by atoms with E-state index in [1.807, 2.05) is 44.5 Å². The van der Waals surface area contributed by atoms with E-state index < -0.39 is 11.4 Å². The molecule has 1 unspecified atom stereocenters. The van der Waals surface area contributed by atoms with Gasteiger partial charge in [-0.1, -0.05) is 10.5 Å². The van der Waals surface area contributed by atoms with E-state index in [2.05, 4.69) is 9.38 Å². The first-order valence-corrected chi connectivity index (χ1v) is 7.25. The van der Waals surface area contributed by atoms with Gasteiger partial charge in [-0.2, -0.15) is 0 Å². The third kappa shape index (κ3) is 3.06. The minimum atomic E-state index is -1.21. The quantitative estimate of drug-likeness (QED) is 0.619. The molecule has 5 heteroatoms. The molecule has 0 aliphatic rings. The standard InChI is InChI=1S/C12H14N2OS2/c1-12(2,3)17(15)14-7-9-4-5-11-10(6-9)13-8-16-11/h4-8H,1-3H3. The summed E-state index contributed by atoms with van der Waals surface area (Å²) in [5, 5.41) is 0. The lowest BCUT2D eigenvalue weighted by Crippen LogP contribution is -2.25. The van der Waals surface area contributed by atoms with Gasteiger partial charge in [0.15, 0.2) is 0 Å². The Morgan fingerprint density at radius 3 is 2.88 bits per heavy atom. The van der Waals surface area contributed by atoms with Crippen molar-refractivity contribution >= 4 is 39.1 Å². The number of hydrogen-bond acceptors (Lipinski definition) is 4. The first-order chi connectivity index (χ1) is 7.97. The summed E-state index contributed by atoms with van der Waals surface area (Å²) in [6, 6.07) is 5.92. The number of fused-ring (bicyclic) bond motifs is 1.